The molecular weight excluding hydrogens is 248 g/mol. The molecule has 106 valence electrons. The molecule has 0 saturated carbocycles. The average molecular weight is 275 g/mol. The summed E-state index contributed by atoms with van der Waals surface area (Å²) in [6, 6.07) is 0. The standard InChI is InChI=1S/C14H26N2O.ClH/c1-12-3-2-10-16(11-12)14(17)5-4-13-6-8-15-9-7-13;/h12-13,15H,2-11H2,1H3;1H. The summed E-state index contributed by atoms with van der Waals surface area (Å²) in [5, 5.41) is 3.38. The van der Waals surface area contributed by atoms with Gasteiger partial charge >= 0.3 is 0 Å². The van der Waals surface area contributed by atoms with Crippen molar-refractivity contribution < 1.29 is 4.79 Å². The highest BCUT2D eigenvalue weighted by atomic mass is 35.5. The van der Waals surface area contributed by atoms with Crippen molar-refractivity contribution in [2.45, 2.75) is 45.4 Å². The summed E-state index contributed by atoms with van der Waals surface area (Å²) in [6.07, 6.45) is 6.87. The smallest absolute Gasteiger partial charge is 0.222 e. The van der Waals surface area contributed by atoms with Gasteiger partial charge in [-0.15, -0.1) is 12.4 Å². The largest absolute Gasteiger partial charge is 0.342 e. The fourth-order valence-electron chi connectivity index (χ4n) is 3.07. The van der Waals surface area contributed by atoms with Gasteiger partial charge in [-0.1, -0.05) is 6.92 Å². The van der Waals surface area contributed by atoms with Gasteiger partial charge in [0, 0.05) is 19.5 Å². The molecule has 0 aromatic heterocycles. The van der Waals surface area contributed by atoms with Crippen LogP contribution < -0.4 is 5.32 Å². The lowest BCUT2D eigenvalue weighted by Crippen LogP contribution is -2.39. The number of likely N-dealkylation sites (tertiary alicyclic amines) is 1. The normalized spacial score (nSPS) is 25.6. The number of carbonyl (C=O) groups is 1. The van der Waals surface area contributed by atoms with E-state index in [1.807, 2.05) is 0 Å². The monoisotopic (exact) mass is 274 g/mol. The van der Waals surface area contributed by atoms with Crippen molar-refractivity contribution in [2.75, 3.05) is 26.2 Å². The lowest BCUT2D eigenvalue weighted by molar-refractivity contribution is -0.133. The molecule has 1 amide bonds. The second-order valence-corrected chi connectivity index (χ2v) is 5.82. The summed E-state index contributed by atoms with van der Waals surface area (Å²) in [5.41, 5.74) is 0. The highest BCUT2D eigenvalue weighted by molar-refractivity contribution is 5.85. The van der Waals surface area contributed by atoms with Gasteiger partial charge in [0.05, 0.1) is 0 Å². The molecule has 2 saturated heterocycles. The summed E-state index contributed by atoms with van der Waals surface area (Å²) >= 11 is 0. The molecule has 0 bridgehead atoms. The summed E-state index contributed by atoms with van der Waals surface area (Å²) < 4.78 is 0. The van der Waals surface area contributed by atoms with Crippen LogP contribution in [0.15, 0.2) is 0 Å². The van der Waals surface area contributed by atoms with Gasteiger partial charge in [-0.05, 0) is 57.0 Å². The van der Waals surface area contributed by atoms with E-state index in [-0.39, 0.29) is 12.4 Å². The Hall–Kier alpha value is -0.280. The first-order chi connectivity index (χ1) is 8.25. The summed E-state index contributed by atoms with van der Waals surface area (Å²) in [6.45, 7) is 6.52. The zero-order valence-corrected chi connectivity index (χ0v) is 12.3. The van der Waals surface area contributed by atoms with Crippen LogP contribution in [0.2, 0.25) is 0 Å². The molecular formula is C14H27ClN2O. The van der Waals surface area contributed by atoms with Crippen molar-refractivity contribution >= 4 is 18.3 Å². The van der Waals surface area contributed by atoms with Crippen LogP contribution in [0.1, 0.15) is 45.4 Å². The summed E-state index contributed by atoms with van der Waals surface area (Å²) in [4.78, 5) is 14.2. The summed E-state index contributed by atoms with van der Waals surface area (Å²) in [7, 11) is 0. The Morgan fingerprint density at radius 2 is 2.00 bits per heavy atom. The highest BCUT2D eigenvalue weighted by Gasteiger charge is 2.22. The van der Waals surface area contributed by atoms with Gasteiger partial charge in [-0.25, -0.2) is 0 Å². The zero-order valence-electron chi connectivity index (χ0n) is 11.5. The lowest BCUT2D eigenvalue weighted by atomic mass is 9.92. The van der Waals surface area contributed by atoms with E-state index in [4.69, 9.17) is 0 Å². The second kappa shape index (κ2) is 8.00. The van der Waals surface area contributed by atoms with Crippen LogP contribution in [0, 0.1) is 11.8 Å². The van der Waals surface area contributed by atoms with Crippen LogP contribution in [0.4, 0.5) is 0 Å². The Bertz CT molecular complexity index is 254. The number of hydrogen-bond donors (Lipinski definition) is 1. The first-order valence-corrected chi connectivity index (χ1v) is 7.24. The van der Waals surface area contributed by atoms with Gasteiger partial charge in [0.25, 0.3) is 0 Å². The van der Waals surface area contributed by atoms with Crippen LogP contribution in [0.3, 0.4) is 0 Å². The fraction of sp³-hybridized carbons (Fsp3) is 0.929. The van der Waals surface area contributed by atoms with Crippen LogP contribution in [0.5, 0.6) is 0 Å². The fourth-order valence-corrected chi connectivity index (χ4v) is 3.07. The minimum Gasteiger partial charge on any atom is -0.342 e. The lowest BCUT2D eigenvalue weighted by Gasteiger charge is -2.31. The maximum atomic E-state index is 12.1. The third-order valence-electron chi connectivity index (χ3n) is 4.23. The Morgan fingerprint density at radius 1 is 1.28 bits per heavy atom. The van der Waals surface area contributed by atoms with Crippen molar-refractivity contribution in [3.05, 3.63) is 0 Å². The predicted molar refractivity (Wildman–Crippen MR) is 77.1 cm³/mol. The molecule has 0 radical (unpaired) electrons. The number of halogens is 1. The number of hydrogen-bond acceptors (Lipinski definition) is 2. The summed E-state index contributed by atoms with van der Waals surface area (Å²) in [5.74, 6) is 1.88. The second-order valence-electron chi connectivity index (χ2n) is 5.82. The van der Waals surface area contributed by atoms with Gasteiger partial charge in [0.1, 0.15) is 0 Å². The molecule has 0 aromatic carbocycles. The molecule has 18 heavy (non-hydrogen) atoms. The minimum atomic E-state index is 0. The van der Waals surface area contributed by atoms with Crippen molar-refractivity contribution in [1.29, 1.82) is 0 Å². The molecule has 3 nitrogen and oxygen atoms in total. The molecule has 2 heterocycles. The topological polar surface area (TPSA) is 32.3 Å². The Balaban J connectivity index is 0.00000162. The van der Waals surface area contributed by atoms with Crippen molar-refractivity contribution in [3.63, 3.8) is 0 Å². The van der Waals surface area contributed by atoms with Crippen molar-refractivity contribution in [1.82, 2.24) is 10.2 Å². The number of piperidine rings is 2. The maximum absolute atomic E-state index is 12.1. The van der Waals surface area contributed by atoms with E-state index in [9.17, 15) is 4.79 Å². The highest BCUT2D eigenvalue weighted by Crippen LogP contribution is 2.20. The van der Waals surface area contributed by atoms with Crippen LogP contribution in [-0.2, 0) is 4.79 Å². The molecule has 0 spiro atoms. The molecule has 2 aliphatic rings. The maximum Gasteiger partial charge on any atom is 0.222 e. The Morgan fingerprint density at radius 3 is 2.67 bits per heavy atom. The molecule has 0 aromatic rings. The van der Waals surface area contributed by atoms with E-state index in [2.05, 4.69) is 17.1 Å². The van der Waals surface area contributed by atoms with E-state index in [0.29, 0.717) is 11.8 Å². The van der Waals surface area contributed by atoms with Gasteiger partial charge in [-0.3, -0.25) is 4.79 Å². The molecule has 1 unspecified atom stereocenters. The van der Waals surface area contributed by atoms with Crippen molar-refractivity contribution in [3.8, 4) is 0 Å². The van der Waals surface area contributed by atoms with Gasteiger partial charge in [-0.2, -0.15) is 0 Å². The van der Waals surface area contributed by atoms with Crippen LogP contribution >= 0.6 is 12.4 Å². The quantitative estimate of drug-likeness (QED) is 0.857. The van der Waals surface area contributed by atoms with Crippen molar-refractivity contribution in [2.24, 2.45) is 11.8 Å². The SMILES string of the molecule is CC1CCCN(C(=O)CCC2CCNCC2)C1.Cl. The van der Waals surface area contributed by atoms with Crippen LogP contribution in [0.25, 0.3) is 0 Å². The molecule has 2 fully saturated rings. The number of nitrogens with one attached hydrogen (secondary N) is 1. The van der Waals surface area contributed by atoms with E-state index in [1.54, 1.807) is 0 Å². The molecule has 2 rings (SSSR count). The number of carbonyl (C=O) groups excluding carboxylic acids is 1. The average Bonchev–Trinajstić information content (AvgIpc) is 2.37. The Kier molecular flexibility index (Phi) is 7.02. The van der Waals surface area contributed by atoms with E-state index in [1.165, 1.54) is 25.7 Å². The minimum absolute atomic E-state index is 0. The Labute approximate surface area is 117 Å². The zero-order chi connectivity index (χ0) is 12.1. The molecule has 4 heteroatoms. The predicted octanol–water partition coefficient (Wildman–Crippen LogP) is 2.45. The van der Waals surface area contributed by atoms with E-state index >= 15 is 0 Å². The van der Waals surface area contributed by atoms with E-state index in [0.717, 1.165) is 44.9 Å². The number of rotatable bonds is 3. The third kappa shape index (κ3) is 4.77. The third-order valence-corrected chi connectivity index (χ3v) is 4.23. The first kappa shape index (κ1) is 15.8. The van der Waals surface area contributed by atoms with Gasteiger partial charge in [0.15, 0.2) is 0 Å². The first-order valence-electron chi connectivity index (χ1n) is 7.24. The van der Waals surface area contributed by atoms with Gasteiger partial charge < -0.3 is 10.2 Å². The molecule has 2 aliphatic heterocycles. The number of amides is 1. The van der Waals surface area contributed by atoms with Gasteiger partial charge in [0.2, 0.25) is 5.91 Å². The van der Waals surface area contributed by atoms with Crippen LogP contribution in [-0.4, -0.2) is 37.0 Å². The molecule has 1 atom stereocenters. The number of nitrogens with zero attached hydrogens (tertiary/aromatic N) is 1. The van der Waals surface area contributed by atoms with E-state index < -0.39 is 0 Å². The molecule has 1 N–H and O–H groups in total. The molecule has 0 aliphatic carbocycles.